The monoisotopic (exact) mass is 261 g/mol. The lowest BCUT2D eigenvalue weighted by atomic mass is 10.3. The van der Waals surface area contributed by atoms with E-state index < -0.39 is 0 Å². The van der Waals surface area contributed by atoms with Gasteiger partial charge in [0.1, 0.15) is 11.6 Å². The first-order chi connectivity index (χ1) is 9.04. The second-order valence-corrected chi connectivity index (χ2v) is 4.09. The molecule has 2 aromatic rings. The fraction of sp³-hybridized carbons (Fsp3) is 0.231. The number of ether oxygens (including phenoxy) is 1. The fourth-order valence-corrected chi connectivity index (χ4v) is 1.74. The third kappa shape index (κ3) is 2.37. The molecule has 6 heteroatoms. The summed E-state index contributed by atoms with van der Waals surface area (Å²) in [5, 5.41) is 3.03. The normalized spacial score (nSPS) is 10.3. The van der Waals surface area contributed by atoms with Crippen LogP contribution in [0.25, 0.3) is 0 Å². The molecular weight excluding hydrogens is 246 g/mol. The van der Waals surface area contributed by atoms with Crippen LogP contribution in [0.4, 0.5) is 11.5 Å². The number of benzene rings is 1. The van der Waals surface area contributed by atoms with E-state index in [-0.39, 0.29) is 11.2 Å². The summed E-state index contributed by atoms with van der Waals surface area (Å²) in [5.41, 5.74) is -0.0568. The Balaban J connectivity index is 2.50. The Morgan fingerprint density at radius 3 is 2.47 bits per heavy atom. The van der Waals surface area contributed by atoms with Crippen LogP contribution in [-0.4, -0.2) is 16.2 Å². The van der Waals surface area contributed by atoms with E-state index in [9.17, 15) is 9.59 Å². The van der Waals surface area contributed by atoms with E-state index in [0.717, 1.165) is 4.57 Å². The van der Waals surface area contributed by atoms with Crippen LogP contribution in [0.3, 0.4) is 0 Å². The lowest BCUT2D eigenvalue weighted by Gasteiger charge is -2.14. The quantitative estimate of drug-likeness (QED) is 0.889. The summed E-state index contributed by atoms with van der Waals surface area (Å²) in [6, 6.07) is 8.65. The number of rotatable bonds is 3. The molecule has 0 aliphatic carbocycles. The first kappa shape index (κ1) is 12.9. The Morgan fingerprint density at radius 1 is 1.11 bits per heavy atom. The van der Waals surface area contributed by atoms with Gasteiger partial charge in [-0.2, -0.15) is 0 Å². The maximum Gasteiger partial charge on any atom is 0.332 e. The maximum atomic E-state index is 11.8. The second-order valence-electron chi connectivity index (χ2n) is 4.09. The van der Waals surface area contributed by atoms with Crippen molar-refractivity contribution in [2.24, 2.45) is 14.1 Å². The van der Waals surface area contributed by atoms with Gasteiger partial charge in [-0.05, 0) is 12.1 Å². The molecule has 0 amide bonds. The molecule has 0 bridgehead atoms. The number of hydrogen-bond donors (Lipinski definition) is 1. The van der Waals surface area contributed by atoms with Gasteiger partial charge in [-0.15, -0.1) is 0 Å². The summed E-state index contributed by atoms with van der Waals surface area (Å²) in [7, 11) is 4.60. The zero-order valence-electron chi connectivity index (χ0n) is 11.0. The van der Waals surface area contributed by atoms with E-state index >= 15 is 0 Å². The summed E-state index contributed by atoms with van der Waals surface area (Å²) in [6.07, 6.45) is 0. The number of hydrogen-bond acceptors (Lipinski definition) is 4. The lowest BCUT2D eigenvalue weighted by Crippen LogP contribution is -2.37. The van der Waals surface area contributed by atoms with E-state index in [1.54, 1.807) is 26.3 Å². The number of methoxy groups -OCH3 is 1. The number of nitrogens with zero attached hydrogens (tertiary/aromatic N) is 2. The standard InChI is InChI=1S/C13H15N3O3/c1-15-11(8-12(17)16(2)13(15)18)14-9-6-4-5-7-10(9)19-3/h4-8,14H,1-3H3. The minimum atomic E-state index is -0.384. The molecule has 0 aliphatic rings. The van der Waals surface area contributed by atoms with Gasteiger partial charge in [-0.3, -0.25) is 13.9 Å². The number of nitrogens with one attached hydrogen (secondary N) is 1. The molecule has 19 heavy (non-hydrogen) atoms. The van der Waals surface area contributed by atoms with Crippen LogP contribution in [0.15, 0.2) is 39.9 Å². The molecule has 0 unspecified atom stereocenters. The number of anilines is 2. The van der Waals surface area contributed by atoms with Gasteiger partial charge >= 0.3 is 5.69 Å². The SMILES string of the molecule is COc1ccccc1Nc1cc(=O)n(C)c(=O)n1C. The van der Waals surface area contributed by atoms with Gasteiger partial charge in [0.2, 0.25) is 0 Å². The van der Waals surface area contributed by atoms with Gasteiger partial charge in [-0.25, -0.2) is 4.79 Å². The fourth-order valence-electron chi connectivity index (χ4n) is 1.74. The van der Waals surface area contributed by atoms with Gasteiger partial charge in [0.05, 0.1) is 12.8 Å². The Morgan fingerprint density at radius 2 is 1.79 bits per heavy atom. The summed E-state index contributed by atoms with van der Waals surface area (Å²) in [5.74, 6) is 1.05. The van der Waals surface area contributed by atoms with E-state index in [1.165, 1.54) is 17.7 Å². The zero-order valence-corrected chi connectivity index (χ0v) is 11.0. The Labute approximate surface area is 109 Å². The highest BCUT2D eigenvalue weighted by molar-refractivity contribution is 5.63. The molecule has 0 saturated carbocycles. The first-order valence-corrected chi connectivity index (χ1v) is 5.71. The molecular formula is C13H15N3O3. The Hall–Kier alpha value is -2.50. The Bertz CT molecular complexity index is 716. The van der Waals surface area contributed by atoms with Crippen molar-refractivity contribution < 1.29 is 4.74 Å². The van der Waals surface area contributed by atoms with Crippen LogP contribution in [0, 0.1) is 0 Å². The van der Waals surface area contributed by atoms with Crippen molar-refractivity contribution >= 4 is 11.5 Å². The van der Waals surface area contributed by atoms with Crippen LogP contribution in [-0.2, 0) is 14.1 Å². The third-order valence-corrected chi connectivity index (χ3v) is 2.90. The smallest absolute Gasteiger partial charge is 0.332 e. The minimum absolute atomic E-state index is 0.361. The molecule has 100 valence electrons. The minimum Gasteiger partial charge on any atom is -0.495 e. The topological polar surface area (TPSA) is 65.3 Å². The lowest BCUT2D eigenvalue weighted by molar-refractivity contribution is 0.417. The molecule has 0 atom stereocenters. The molecule has 0 aliphatic heterocycles. The first-order valence-electron chi connectivity index (χ1n) is 5.71. The third-order valence-electron chi connectivity index (χ3n) is 2.90. The highest BCUT2D eigenvalue weighted by Crippen LogP contribution is 2.25. The van der Waals surface area contributed by atoms with Crippen molar-refractivity contribution in [2.75, 3.05) is 12.4 Å². The largest absolute Gasteiger partial charge is 0.495 e. The zero-order chi connectivity index (χ0) is 14.0. The molecule has 0 spiro atoms. The van der Waals surface area contributed by atoms with Crippen LogP contribution < -0.4 is 21.3 Å². The highest BCUT2D eigenvalue weighted by Gasteiger charge is 2.08. The Kier molecular flexibility index (Phi) is 3.41. The summed E-state index contributed by atoms with van der Waals surface area (Å²) in [6.45, 7) is 0. The second kappa shape index (κ2) is 5.01. The van der Waals surface area contributed by atoms with Gasteiger partial charge in [-0.1, -0.05) is 12.1 Å². The molecule has 0 saturated heterocycles. The average molecular weight is 261 g/mol. The van der Waals surface area contributed by atoms with E-state index in [4.69, 9.17) is 4.74 Å². The predicted octanol–water partition coefficient (Wildman–Crippen LogP) is 0.836. The molecule has 1 aromatic carbocycles. The van der Waals surface area contributed by atoms with Crippen molar-refractivity contribution in [1.29, 1.82) is 0 Å². The van der Waals surface area contributed by atoms with Crippen molar-refractivity contribution in [3.05, 3.63) is 51.2 Å². The van der Waals surface area contributed by atoms with E-state index in [0.29, 0.717) is 17.3 Å². The average Bonchev–Trinajstić information content (AvgIpc) is 2.43. The van der Waals surface area contributed by atoms with Crippen molar-refractivity contribution in [3.63, 3.8) is 0 Å². The molecule has 6 nitrogen and oxygen atoms in total. The van der Waals surface area contributed by atoms with Crippen LogP contribution in [0.2, 0.25) is 0 Å². The number of aromatic nitrogens is 2. The molecule has 1 aromatic heterocycles. The van der Waals surface area contributed by atoms with Crippen molar-refractivity contribution in [1.82, 2.24) is 9.13 Å². The van der Waals surface area contributed by atoms with Crippen molar-refractivity contribution in [2.45, 2.75) is 0 Å². The predicted molar refractivity (Wildman–Crippen MR) is 73.2 cm³/mol. The molecule has 0 fully saturated rings. The van der Waals surface area contributed by atoms with Crippen molar-refractivity contribution in [3.8, 4) is 5.75 Å². The van der Waals surface area contributed by atoms with Gasteiger partial charge in [0, 0.05) is 20.2 Å². The van der Waals surface area contributed by atoms with Gasteiger partial charge < -0.3 is 10.1 Å². The molecule has 2 rings (SSSR count). The summed E-state index contributed by atoms with van der Waals surface area (Å²) >= 11 is 0. The summed E-state index contributed by atoms with van der Waals surface area (Å²) < 4.78 is 7.63. The summed E-state index contributed by atoms with van der Waals surface area (Å²) in [4.78, 5) is 23.4. The molecule has 0 radical (unpaired) electrons. The highest BCUT2D eigenvalue weighted by atomic mass is 16.5. The van der Waals surface area contributed by atoms with Crippen LogP contribution >= 0.6 is 0 Å². The maximum absolute atomic E-state index is 11.8. The van der Waals surface area contributed by atoms with Crippen LogP contribution in [0.5, 0.6) is 5.75 Å². The van der Waals surface area contributed by atoms with Crippen LogP contribution in [0.1, 0.15) is 0 Å². The molecule has 1 heterocycles. The van der Waals surface area contributed by atoms with E-state index in [2.05, 4.69) is 5.32 Å². The van der Waals surface area contributed by atoms with E-state index in [1.807, 2.05) is 12.1 Å². The van der Waals surface area contributed by atoms with Gasteiger partial charge in [0.15, 0.2) is 0 Å². The van der Waals surface area contributed by atoms with Gasteiger partial charge in [0.25, 0.3) is 5.56 Å². The molecule has 1 N–H and O–H groups in total. The number of para-hydroxylation sites is 2.